The van der Waals surface area contributed by atoms with Crippen molar-refractivity contribution in [2.24, 2.45) is 0 Å². The second-order valence-electron chi connectivity index (χ2n) is 4.18. The molecule has 18 heavy (non-hydrogen) atoms. The van der Waals surface area contributed by atoms with E-state index in [1.54, 1.807) is 16.8 Å². The molecule has 0 unspecified atom stereocenters. The van der Waals surface area contributed by atoms with Crippen molar-refractivity contribution in [2.75, 3.05) is 0 Å². The number of fused-ring (bicyclic) bond motifs is 1. The van der Waals surface area contributed by atoms with Crippen LogP contribution in [0.1, 0.15) is 11.1 Å². The van der Waals surface area contributed by atoms with Gasteiger partial charge < -0.3 is 0 Å². The molecule has 2 aromatic heterocycles. The average Bonchev–Trinajstić information content (AvgIpc) is 2.43. The van der Waals surface area contributed by atoms with E-state index < -0.39 is 0 Å². The van der Waals surface area contributed by atoms with Crippen LogP contribution in [0.3, 0.4) is 0 Å². The summed E-state index contributed by atoms with van der Waals surface area (Å²) in [5, 5.41) is 0. The molecule has 3 nitrogen and oxygen atoms in total. The normalized spacial score (nSPS) is 10.7. The third kappa shape index (κ3) is 1.91. The molecule has 0 aliphatic rings. The Morgan fingerprint density at radius 3 is 2.61 bits per heavy atom. The molecule has 0 radical (unpaired) electrons. The Kier molecular flexibility index (Phi) is 2.65. The highest BCUT2D eigenvalue weighted by Crippen LogP contribution is 2.05. The van der Waals surface area contributed by atoms with Crippen LogP contribution < -0.4 is 5.56 Å². The van der Waals surface area contributed by atoms with Crippen molar-refractivity contribution in [2.45, 2.75) is 6.42 Å². The third-order valence-corrected chi connectivity index (χ3v) is 2.92. The summed E-state index contributed by atoms with van der Waals surface area (Å²) in [6.07, 6.45) is 4.04. The first kappa shape index (κ1) is 10.7. The summed E-state index contributed by atoms with van der Waals surface area (Å²) >= 11 is 0. The van der Waals surface area contributed by atoms with E-state index in [9.17, 15) is 4.79 Å². The second kappa shape index (κ2) is 4.45. The second-order valence-corrected chi connectivity index (χ2v) is 4.18. The number of pyridine rings is 1. The van der Waals surface area contributed by atoms with Crippen LogP contribution in [-0.4, -0.2) is 9.38 Å². The number of rotatable bonds is 2. The van der Waals surface area contributed by atoms with Crippen LogP contribution in [0, 0.1) is 0 Å². The fourth-order valence-electron chi connectivity index (χ4n) is 2.00. The van der Waals surface area contributed by atoms with Crippen LogP contribution >= 0.6 is 0 Å². The number of hydrogen-bond donors (Lipinski definition) is 0. The highest BCUT2D eigenvalue weighted by Gasteiger charge is 2.04. The SMILES string of the molecule is O=c1c(Cc2ccccc2)cnc2ccccn12. The van der Waals surface area contributed by atoms with Gasteiger partial charge in [0.1, 0.15) is 5.65 Å². The molecule has 0 aliphatic heterocycles. The molecule has 0 fully saturated rings. The smallest absolute Gasteiger partial charge is 0.261 e. The first-order valence-electron chi connectivity index (χ1n) is 5.84. The van der Waals surface area contributed by atoms with E-state index in [4.69, 9.17) is 0 Å². The van der Waals surface area contributed by atoms with Gasteiger partial charge in [-0.2, -0.15) is 0 Å². The highest BCUT2D eigenvalue weighted by atomic mass is 16.1. The lowest BCUT2D eigenvalue weighted by molar-refractivity contribution is 0.982. The molecule has 0 spiro atoms. The van der Waals surface area contributed by atoms with Crippen molar-refractivity contribution in [3.05, 3.63) is 82.4 Å². The monoisotopic (exact) mass is 236 g/mol. The van der Waals surface area contributed by atoms with Gasteiger partial charge in [0.25, 0.3) is 5.56 Å². The predicted octanol–water partition coefficient (Wildman–Crippen LogP) is 2.29. The molecule has 0 aliphatic carbocycles. The van der Waals surface area contributed by atoms with E-state index in [2.05, 4.69) is 4.98 Å². The summed E-state index contributed by atoms with van der Waals surface area (Å²) in [4.78, 5) is 16.6. The summed E-state index contributed by atoms with van der Waals surface area (Å²) < 4.78 is 1.58. The first-order chi connectivity index (χ1) is 8.84. The molecule has 3 heteroatoms. The van der Waals surface area contributed by atoms with Crippen molar-refractivity contribution >= 4 is 5.65 Å². The predicted molar refractivity (Wildman–Crippen MR) is 70.7 cm³/mol. The minimum atomic E-state index is 0.00412. The molecule has 88 valence electrons. The number of nitrogens with zero attached hydrogens (tertiary/aromatic N) is 2. The lowest BCUT2D eigenvalue weighted by atomic mass is 10.1. The maximum Gasteiger partial charge on any atom is 0.261 e. The zero-order chi connectivity index (χ0) is 12.4. The molecular weight excluding hydrogens is 224 g/mol. The minimum absolute atomic E-state index is 0.00412. The summed E-state index contributed by atoms with van der Waals surface area (Å²) in [6, 6.07) is 15.5. The average molecular weight is 236 g/mol. The molecular formula is C15H12N2O. The van der Waals surface area contributed by atoms with Crippen LogP contribution in [0.5, 0.6) is 0 Å². The van der Waals surface area contributed by atoms with Gasteiger partial charge in [-0.1, -0.05) is 36.4 Å². The lowest BCUT2D eigenvalue weighted by Crippen LogP contribution is -2.19. The third-order valence-electron chi connectivity index (χ3n) is 2.92. The van der Waals surface area contributed by atoms with Crippen LogP contribution in [0.4, 0.5) is 0 Å². The standard InChI is InChI=1S/C15H12N2O/c18-15-13(10-12-6-2-1-3-7-12)11-16-14-8-4-5-9-17(14)15/h1-9,11H,10H2. The van der Waals surface area contributed by atoms with Crippen LogP contribution in [0.25, 0.3) is 5.65 Å². The van der Waals surface area contributed by atoms with Gasteiger partial charge >= 0.3 is 0 Å². The van der Waals surface area contributed by atoms with Crippen molar-refractivity contribution in [1.82, 2.24) is 9.38 Å². The topological polar surface area (TPSA) is 34.4 Å². The Bertz CT molecular complexity index is 732. The van der Waals surface area contributed by atoms with E-state index in [0.29, 0.717) is 17.6 Å². The molecule has 0 N–H and O–H groups in total. The molecule has 0 amide bonds. The molecule has 1 aromatic carbocycles. The summed E-state index contributed by atoms with van der Waals surface area (Å²) in [5.41, 5.74) is 2.51. The van der Waals surface area contributed by atoms with Gasteiger partial charge in [-0.05, 0) is 17.7 Å². The van der Waals surface area contributed by atoms with Crippen LogP contribution in [0.15, 0.2) is 65.7 Å². The van der Waals surface area contributed by atoms with Crippen LogP contribution in [-0.2, 0) is 6.42 Å². The Balaban J connectivity index is 2.08. The largest absolute Gasteiger partial charge is 0.269 e. The van der Waals surface area contributed by atoms with Gasteiger partial charge in [-0.25, -0.2) is 4.98 Å². The van der Waals surface area contributed by atoms with E-state index >= 15 is 0 Å². The molecule has 3 aromatic rings. The molecule has 0 saturated carbocycles. The Morgan fingerprint density at radius 1 is 1.00 bits per heavy atom. The first-order valence-corrected chi connectivity index (χ1v) is 5.84. The van der Waals surface area contributed by atoms with E-state index in [-0.39, 0.29) is 5.56 Å². The minimum Gasteiger partial charge on any atom is -0.269 e. The zero-order valence-electron chi connectivity index (χ0n) is 9.78. The Hall–Kier alpha value is -2.42. The van der Waals surface area contributed by atoms with Crippen molar-refractivity contribution < 1.29 is 0 Å². The van der Waals surface area contributed by atoms with Gasteiger partial charge in [-0.3, -0.25) is 9.20 Å². The molecule has 0 atom stereocenters. The fraction of sp³-hybridized carbons (Fsp3) is 0.0667. The molecule has 0 saturated heterocycles. The maximum atomic E-state index is 12.3. The fourth-order valence-corrected chi connectivity index (χ4v) is 2.00. The van der Waals surface area contributed by atoms with Gasteiger partial charge in [0.05, 0.1) is 0 Å². The lowest BCUT2D eigenvalue weighted by Gasteiger charge is -2.03. The van der Waals surface area contributed by atoms with Crippen molar-refractivity contribution in [1.29, 1.82) is 0 Å². The Morgan fingerprint density at radius 2 is 1.78 bits per heavy atom. The summed E-state index contributed by atoms with van der Waals surface area (Å²) in [6.45, 7) is 0. The molecule has 3 rings (SSSR count). The number of benzene rings is 1. The quantitative estimate of drug-likeness (QED) is 0.684. The zero-order valence-corrected chi connectivity index (χ0v) is 9.78. The van der Waals surface area contributed by atoms with E-state index in [1.807, 2.05) is 48.5 Å². The number of aromatic nitrogens is 2. The van der Waals surface area contributed by atoms with E-state index in [1.165, 1.54) is 0 Å². The van der Waals surface area contributed by atoms with Gasteiger partial charge in [0.15, 0.2) is 0 Å². The van der Waals surface area contributed by atoms with Gasteiger partial charge in [-0.15, -0.1) is 0 Å². The van der Waals surface area contributed by atoms with Crippen molar-refractivity contribution in [3.8, 4) is 0 Å². The summed E-state index contributed by atoms with van der Waals surface area (Å²) in [7, 11) is 0. The summed E-state index contributed by atoms with van der Waals surface area (Å²) in [5.74, 6) is 0. The van der Waals surface area contributed by atoms with Gasteiger partial charge in [0, 0.05) is 24.4 Å². The molecule has 2 heterocycles. The van der Waals surface area contributed by atoms with Crippen molar-refractivity contribution in [3.63, 3.8) is 0 Å². The molecule has 0 bridgehead atoms. The Labute approximate surface area is 104 Å². The van der Waals surface area contributed by atoms with E-state index in [0.717, 1.165) is 5.56 Å². The number of hydrogen-bond acceptors (Lipinski definition) is 2. The highest BCUT2D eigenvalue weighted by molar-refractivity contribution is 5.38. The van der Waals surface area contributed by atoms with Gasteiger partial charge in [0.2, 0.25) is 0 Å². The maximum absolute atomic E-state index is 12.3. The van der Waals surface area contributed by atoms with Crippen LogP contribution in [0.2, 0.25) is 0 Å².